The summed E-state index contributed by atoms with van der Waals surface area (Å²) in [6, 6.07) is 3.17. The van der Waals surface area contributed by atoms with Crippen molar-refractivity contribution in [2.75, 3.05) is 6.61 Å². The number of rotatable bonds is 3. The molecule has 0 amide bonds. The smallest absolute Gasteiger partial charge is 0.416 e. The molecule has 2 rings (SSSR count). The monoisotopic (exact) mass is 336 g/mol. The highest BCUT2D eigenvalue weighted by Gasteiger charge is 2.36. The van der Waals surface area contributed by atoms with Gasteiger partial charge in [-0.1, -0.05) is 22.0 Å². The number of hydrogen-bond donors (Lipinski definition) is 2. The Morgan fingerprint density at radius 3 is 2.63 bits per heavy atom. The zero-order valence-corrected chi connectivity index (χ0v) is 11.4. The van der Waals surface area contributed by atoms with Crippen LogP contribution in [0.25, 0.3) is 0 Å². The highest BCUT2D eigenvalue weighted by Crippen LogP contribution is 2.38. The average Bonchev–Trinajstić information content (AvgIpc) is 2.84. The van der Waals surface area contributed by atoms with E-state index >= 15 is 0 Å². The van der Waals surface area contributed by atoms with Crippen molar-refractivity contribution in [3.63, 3.8) is 0 Å². The quantitative estimate of drug-likeness (QED) is 0.657. The molecule has 0 aromatic heterocycles. The summed E-state index contributed by atoms with van der Waals surface area (Å²) in [5, 5.41) is 0. The zero-order valence-electron chi connectivity index (χ0n) is 9.80. The lowest BCUT2D eigenvalue weighted by molar-refractivity contribution is -0.138. The van der Waals surface area contributed by atoms with Crippen molar-refractivity contribution in [2.45, 2.75) is 18.6 Å². The lowest BCUT2D eigenvalue weighted by Gasteiger charge is -2.22. The number of ether oxygens (including phenoxy) is 1. The second kappa shape index (κ2) is 5.52. The number of hydrogen-bond acceptors (Lipinski definition) is 3. The number of hydrazine groups is 1. The van der Waals surface area contributed by atoms with E-state index in [-0.39, 0.29) is 5.56 Å². The minimum absolute atomic E-state index is 0.0475. The second-order valence-corrected chi connectivity index (χ2v) is 4.99. The molecular weight excluding hydrogens is 325 g/mol. The first kappa shape index (κ1) is 14.4. The standard InChI is InChI=1S/C12H12BrF3N2O/c13-7-3-4-8(9(6-7)12(14,15)16)11(18-17)10-2-1-5-19-10/h2-4,6,11,18H,1,5,17H2. The topological polar surface area (TPSA) is 47.3 Å². The van der Waals surface area contributed by atoms with Crippen molar-refractivity contribution in [3.05, 3.63) is 45.6 Å². The fourth-order valence-electron chi connectivity index (χ4n) is 1.99. The Morgan fingerprint density at radius 2 is 2.11 bits per heavy atom. The van der Waals surface area contributed by atoms with E-state index in [0.29, 0.717) is 23.3 Å². The van der Waals surface area contributed by atoms with Gasteiger partial charge in [-0.2, -0.15) is 13.2 Å². The van der Waals surface area contributed by atoms with Gasteiger partial charge in [0.2, 0.25) is 0 Å². The summed E-state index contributed by atoms with van der Waals surface area (Å²) in [4.78, 5) is 0. The Kier molecular flexibility index (Phi) is 4.17. The van der Waals surface area contributed by atoms with Crippen LogP contribution in [-0.4, -0.2) is 6.61 Å². The molecule has 3 N–H and O–H groups in total. The molecule has 19 heavy (non-hydrogen) atoms. The van der Waals surface area contributed by atoms with Gasteiger partial charge in [0.1, 0.15) is 11.8 Å². The Morgan fingerprint density at radius 1 is 1.37 bits per heavy atom. The van der Waals surface area contributed by atoms with Crippen LogP contribution in [-0.2, 0) is 10.9 Å². The van der Waals surface area contributed by atoms with Crippen LogP contribution in [0.3, 0.4) is 0 Å². The summed E-state index contributed by atoms with van der Waals surface area (Å²) in [6.45, 7) is 0.464. The predicted molar refractivity (Wildman–Crippen MR) is 67.9 cm³/mol. The molecule has 1 unspecified atom stereocenters. The Balaban J connectivity index is 2.48. The summed E-state index contributed by atoms with van der Waals surface area (Å²) in [6.07, 6.45) is -2.04. The van der Waals surface area contributed by atoms with Gasteiger partial charge in [0.25, 0.3) is 0 Å². The van der Waals surface area contributed by atoms with Crippen LogP contribution in [0, 0.1) is 0 Å². The minimum Gasteiger partial charge on any atom is -0.496 e. The van der Waals surface area contributed by atoms with Crippen molar-refractivity contribution in [3.8, 4) is 0 Å². The number of halogens is 4. The van der Waals surface area contributed by atoms with Crippen molar-refractivity contribution in [1.82, 2.24) is 5.43 Å². The van der Waals surface area contributed by atoms with E-state index in [1.54, 1.807) is 12.1 Å². The fraction of sp³-hybridized carbons (Fsp3) is 0.333. The normalized spacial score (nSPS) is 17.0. The molecule has 104 valence electrons. The third kappa shape index (κ3) is 3.10. The highest BCUT2D eigenvalue weighted by molar-refractivity contribution is 9.10. The van der Waals surface area contributed by atoms with Crippen LogP contribution in [0.4, 0.5) is 13.2 Å². The van der Waals surface area contributed by atoms with Gasteiger partial charge >= 0.3 is 6.18 Å². The molecule has 1 aliphatic rings. The van der Waals surface area contributed by atoms with Crippen molar-refractivity contribution in [2.24, 2.45) is 5.84 Å². The largest absolute Gasteiger partial charge is 0.496 e. The van der Waals surface area contributed by atoms with E-state index in [1.165, 1.54) is 6.07 Å². The van der Waals surface area contributed by atoms with Crippen LogP contribution >= 0.6 is 15.9 Å². The maximum atomic E-state index is 13.1. The molecule has 0 spiro atoms. The Hall–Kier alpha value is -1.05. The van der Waals surface area contributed by atoms with Crippen LogP contribution < -0.4 is 11.3 Å². The molecule has 0 bridgehead atoms. The molecule has 1 aromatic carbocycles. The van der Waals surface area contributed by atoms with Crippen molar-refractivity contribution >= 4 is 15.9 Å². The molecule has 0 saturated heterocycles. The van der Waals surface area contributed by atoms with Crippen LogP contribution in [0.5, 0.6) is 0 Å². The minimum atomic E-state index is -4.45. The van der Waals surface area contributed by atoms with Gasteiger partial charge in [0.05, 0.1) is 12.2 Å². The lowest BCUT2D eigenvalue weighted by Crippen LogP contribution is -2.31. The Labute approximate surface area is 116 Å². The zero-order chi connectivity index (χ0) is 14.0. The SMILES string of the molecule is NNC(C1=CCCO1)c1ccc(Br)cc1C(F)(F)F. The molecule has 0 radical (unpaired) electrons. The molecule has 3 nitrogen and oxygen atoms in total. The van der Waals surface area contributed by atoms with Crippen LogP contribution in [0.2, 0.25) is 0 Å². The first-order chi connectivity index (χ1) is 8.93. The maximum Gasteiger partial charge on any atom is 0.416 e. The fourth-order valence-corrected chi connectivity index (χ4v) is 2.35. The molecule has 0 fully saturated rings. The van der Waals surface area contributed by atoms with Crippen molar-refractivity contribution < 1.29 is 17.9 Å². The summed E-state index contributed by atoms with van der Waals surface area (Å²) in [5.41, 5.74) is 1.70. The van der Waals surface area contributed by atoms with Crippen molar-refractivity contribution in [1.29, 1.82) is 0 Å². The summed E-state index contributed by atoms with van der Waals surface area (Å²) >= 11 is 3.05. The van der Waals surface area contributed by atoms with Gasteiger partial charge in [0, 0.05) is 10.9 Å². The number of nitrogens with one attached hydrogen (secondary N) is 1. The van der Waals surface area contributed by atoms with E-state index in [4.69, 9.17) is 10.6 Å². The molecule has 0 saturated carbocycles. The molecular formula is C12H12BrF3N2O. The van der Waals surface area contributed by atoms with E-state index in [9.17, 15) is 13.2 Å². The molecule has 1 heterocycles. The summed E-state index contributed by atoms with van der Waals surface area (Å²) in [5.74, 6) is 5.81. The van der Waals surface area contributed by atoms with Gasteiger partial charge in [-0.25, -0.2) is 5.43 Å². The Bertz CT molecular complexity index is 502. The van der Waals surface area contributed by atoms with Crippen LogP contribution in [0.15, 0.2) is 34.5 Å². The van der Waals surface area contributed by atoms with E-state index in [2.05, 4.69) is 21.4 Å². The third-order valence-corrected chi connectivity index (χ3v) is 3.31. The lowest BCUT2D eigenvalue weighted by atomic mass is 9.98. The predicted octanol–water partition coefficient (Wildman–Crippen LogP) is 3.28. The molecule has 1 aromatic rings. The number of alkyl halides is 3. The highest BCUT2D eigenvalue weighted by atomic mass is 79.9. The molecule has 7 heteroatoms. The molecule has 0 aliphatic carbocycles. The van der Waals surface area contributed by atoms with E-state index < -0.39 is 17.8 Å². The first-order valence-corrected chi connectivity index (χ1v) is 6.38. The van der Waals surface area contributed by atoms with Crippen LogP contribution in [0.1, 0.15) is 23.6 Å². The van der Waals surface area contributed by atoms with Gasteiger partial charge in [0.15, 0.2) is 0 Å². The van der Waals surface area contributed by atoms with Gasteiger partial charge < -0.3 is 4.74 Å². The summed E-state index contributed by atoms with van der Waals surface area (Å²) < 4.78 is 44.8. The number of benzene rings is 1. The molecule has 1 atom stereocenters. The van der Waals surface area contributed by atoms with Gasteiger partial charge in [-0.3, -0.25) is 5.84 Å². The van der Waals surface area contributed by atoms with E-state index in [0.717, 1.165) is 6.07 Å². The first-order valence-electron chi connectivity index (χ1n) is 5.59. The summed E-state index contributed by atoms with van der Waals surface area (Å²) in [7, 11) is 0. The van der Waals surface area contributed by atoms with Gasteiger partial charge in [-0.15, -0.1) is 0 Å². The van der Waals surface area contributed by atoms with Gasteiger partial charge in [-0.05, 0) is 23.8 Å². The molecule has 1 aliphatic heterocycles. The second-order valence-electron chi connectivity index (χ2n) is 4.07. The average molecular weight is 337 g/mol. The number of nitrogens with two attached hydrogens (primary N) is 1. The maximum absolute atomic E-state index is 13.1. The third-order valence-electron chi connectivity index (χ3n) is 2.82. The van der Waals surface area contributed by atoms with E-state index in [1.807, 2.05) is 0 Å².